The molecule has 0 aromatic heterocycles. The molecular weight excluding hydrogens is 460 g/mol. The highest BCUT2D eigenvalue weighted by molar-refractivity contribution is 6.26. The third-order valence-electron chi connectivity index (χ3n) is 5.90. The summed E-state index contributed by atoms with van der Waals surface area (Å²) < 4.78 is 0. The molecule has 2 amide bonds. The lowest BCUT2D eigenvalue weighted by molar-refractivity contribution is 0.0684. The smallest absolute Gasteiger partial charge is 0.336 e. The first kappa shape index (κ1) is 24.2. The van der Waals surface area contributed by atoms with Crippen molar-refractivity contribution in [1.29, 1.82) is 0 Å². The maximum Gasteiger partial charge on any atom is 0.336 e. The fourth-order valence-electron chi connectivity index (χ4n) is 4.04. The van der Waals surface area contributed by atoms with E-state index in [1.165, 1.54) is 12.1 Å². The van der Waals surface area contributed by atoms with Crippen LogP contribution in [0.4, 0.5) is 11.4 Å². The fourth-order valence-corrected chi connectivity index (χ4v) is 4.04. The molecule has 0 aliphatic carbocycles. The Labute approximate surface area is 206 Å². The molecule has 4 aromatic rings. The molecule has 0 fully saturated rings. The van der Waals surface area contributed by atoms with Gasteiger partial charge in [-0.25, -0.2) is 9.59 Å². The van der Waals surface area contributed by atoms with Gasteiger partial charge in [-0.1, -0.05) is 36.4 Å². The van der Waals surface area contributed by atoms with E-state index >= 15 is 0 Å². The lowest BCUT2D eigenvalue weighted by Crippen LogP contribution is -2.19. The van der Waals surface area contributed by atoms with Crippen LogP contribution in [0.25, 0.3) is 10.8 Å². The minimum atomic E-state index is -1.36. The fraction of sp³-hybridized carbons (Fsp3) is 0.0714. The van der Waals surface area contributed by atoms with Crippen molar-refractivity contribution in [1.82, 2.24) is 0 Å². The molecule has 0 unspecified atom stereocenters. The lowest BCUT2D eigenvalue weighted by atomic mass is 9.90. The molecule has 180 valence electrons. The minimum Gasteiger partial charge on any atom is -0.478 e. The number of rotatable bonds is 6. The van der Waals surface area contributed by atoms with Gasteiger partial charge in [0, 0.05) is 33.3 Å². The Morgan fingerprint density at radius 2 is 0.861 bits per heavy atom. The van der Waals surface area contributed by atoms with Gasteiger partial charge >= 0.3 is 11.9 Å². The van der Waals surface area contributed by atoms with E-state index in [1.807, 2.05) is 12.1 Å². The van der Waals surface area contributed by atoms with Crippen LogP contribution in [0.3, 0.4) is 0 Å². The molecule has 0 heterocycles. The number of carbonyl (C=O) groups is 4. The summed E-state index contributed by atoms with van der Waals surface area (Å²) in [4.78, 5) is 50.8. The summed E-state index contributed by atoms with van der Waals surface area (Å²) in [5.74, 6) is -3.99. The average Bonchev–Trinajstić information content (AvgIpc) is 2.85. The van der Waals surface area contributed by atoms with Gasteiger partial charge in [-0.05, 0) is 61.4 Å². The standard InChI is InChI=1S/C28H22N2O6/c1-15-7-3-5-9-21(15)29-25(31)17-11-12-18(26(32)30-22-10-6-4-8-16(22)2)24-20(28(35)36)14-13-19(23(17)24)27(33)34/h3-14H,1-2H3,(H,29,31)(H,30,32)(H,33,34)(H,35,36). The largest absolute Gasteiger partial charge is 0.478 e. The van der Waals surface area contributed by atoms with E-state index in [0.717, 1.165) is 23.3 Å². The zero-order valence-corrected chi connectivity index (χ0v) is 19.5. The van der Waals surface area contributed by atoms with Crippen molar-refractivity contribution >= 4 is 45.9 Å². The van der Waals surface area contributed by atoms with Gasteiger partial charge in [0.2, 0.25) is 0 Å². The van der Waals surface area contributed by atoms with Crippen molar-refractivity contribution in [3.05, 3.63) is 106 Å². The Kier molecular flexibility index (Phi) is 6.52. The predicted octanol–water partition coefficient (Wildman–Crippen LogP) is 5.36. The van der Waals surface area contributed by atoms with E-state index in [0.29, 0.717) is 11.4 Å². The number of carbonyl (C=O) groups excluding carboxylic acids is 2. The van der Waals surface area contributed by atoms with Crippen LogP contribution in [-0.2, 0) is 0 Å². The summed E-state index contributed by atoms with van der Waals surface area (Å²) in [6.07, 6.45) is 0. The number of hydrogen-bond donors (Lipinski definition) is 4. The Balaban J connectivity index is 1.95. The van der Waals surface area contributed by atoms with Crippen LogP contribution in [0.5, 0.6) is 0 Å². The lowest BCUT2D eigenvalue weighted by Gasteiger charge is -2.16. The third-order valence-corrected chi connectivity index (χ3v) is 5.90. The Hall–Kier alpha value is -4.98. The summed E-state index contributed by atoms with van der Waals surface area (Å²) in [7, 11) is 0. The maximum atomic E-state index is 13.3. The van der Waals surface area contributed by atoms with E-state index in [-0.39, 0.29) is 33.0 Å². The van der Waals surface area contributed by atoms with Crippen molar-refractivity contribution in [3.63, 3.8) is 0 Å². The van der Waals surface area contributed by atoms with Crippen LogP contribution in [0.15, 0.2) is 72.8 Å². The Morgan fingerprint density at radius 1 is 0.528 bits per heavy atom. The number of benzene rings is 4. The summed E-state index contributed by atoms with van der Waals surface area (Å²) in [5, 5.41) is 25.0. The molecule has 0 aliphatic rings. The molecule has 8 nitrogen and oxygen atoms in total. The highest BCUT2D eigenvalue weighted by Gasteiger charge is 2.26. The summed E-state index contributed by atoms with van der Waals surface area (Å²) in [5.41, 5.74) is 1.88. The molecule has 4 aromatic carbocycles. The normalized spacial score (nSPS) is 10.6. The van der Waals surface area contributed by atoms with Gasteiger partial charge < -0.3 is 20.8 Å². The second-order valence-electron chi connectivity index (χ2n) is 8.22. The molecule has 0 atom stereocenters. The van der Waals surface area contributed by atoms with E-state index < -0.39 is 23.8 Å². The Morgan fingerprint density at radius 3 is 1.19 bits per heavy atom. The Bertz CT molecular complexity index is 1440. The first-order chi connectivity index (χ1) is 17.2. The molecule has 0 spiro atoms. The average molecular weight is 482 g/mol. The van der Waals surface area contributed by atoms with Gasteiger partial charge in [0.05, 0.1) is 11.1 Å². The van der Waals surface area contributed by atoms with Gasteiger partial charge in [0.1, 0.15) is 0 Å². The van der Waals surface area contributed by atoms with Crippen molar-refractivity contribution < 1.29 is 29.4 Å². The topological polar surface area (TPSA) is 133 Å². The monoisotopic (exact) mass is 482 g/mol. The highest BCUT2D eigenvalue weighted by atomic mass is 16.4. The number of hydrogen-bond acceptors (Lipinski definition) is 4. The van der Waals surface area contributed by atoms with Crippen LogP contribution in [0.1, 0.15) is 52.6 Å². The summed E-state index contributed by atoms with van der Waals surface area (Å²) in [6.45, 7) is 3.61. The summed E-state index contributed by atoms with van der Waals surface area (Å²) in [6, 6.07) is 19.0. The molecule has 8 heteroatoms. The molecular formula is C28H22N2O6. The van der Waals surface area contributed by atoms with Crippen LogP contribution in [0.2, 0.25) is 0 Å². The van der Waals surface area contributed by atoms with Gasteiger partial charge in [-0.15, -0.1) is 0 Å². The molecule has 4 rings (SSSR count). The first-order valence-corrected chi connectivity index (χ1v) is 11.0. The molecule has 0 radical (unpaired) electrons. The first-order valence-electron chi connectivity index (χ1n) is 11.0. The van der Waals surface area contributed by atoms with Crippen molar-refractivity contribution in [2.45, 2.75) is 13.8 Å². The number of fused-ring (bicyclic) bond motifs is 1. The molecule has 36 heavy (non-hydrogen) atoms. The number of amides is 2. The van der Waals surface area contributed by atoms with E-state index in [4.69, 9.17) is 0 Å². The van der Waals surface area contributed by atoms with E-state index in [9.17, 15) is 29.4 Å². The van der Waals surface area contributed by atoms with E-state index in [1.54, 1.807) is 50.2 Å². The predicted molar refractivity (Wildman–Crippen MR) is 136 cm³/mol. The van der Waals surface area contributed by atoms with Gasteiger partial charge in [0.25, 0.3) is 11.8 Å². The van der Waals surface area contributed by atoms with Gasteiger partial charge in [-0.3, -0.25) is 9.59 Å². The van der Waals surface area contributed by atoms with Crippen LogP contribution >= 0.6 is 0 Å². The number of aromatic carboxylic acids is 2. The highest BCUT2D eigenvalue weighted by Crippen LogP contribution is 2.32. The SMILES string of the molecule is Cc1ccccc1NC(=O)c1ccc(C(=O)Nc2ccccc2C)c2c(C(=O)O)ccc(C(=O)O)c12. The number of carboxylic acid groups (broad SMARTS) is 2. The van der Waals surface area contributed by atoms with Crippen LogP contribution < -0.4 is 10.6 Å². The molecule has 0 bridgehead atoms. The van der Waals surface area contributed by atoms with Gasteiger partial charge in [-0.2, -0.15) is 0 Å². The number of para-hydroxylation sites is 2. The number of nitrogens with one attached hydrogen (secondary N) is 2. The third kappa shape index (κ3) is 4.52. The number of anilines is 2. The summed E-state index contributed by atoms with van der Waals surface area (Å²) >= 11 is 0. The zero-order valence-electron chi connectivity index (χ0n) is 19.5. The number of aryl methyl sites for hydroxylation is 2. The van der Waals surface area contributed by atoms with Crippen molar-refractivity contribution in [2.24, 2.45) is 0 Å². The quantitative estimate of drug-likeness (QED) is 0.293. The molecule has 0 saturated carbocycles. The van der Waals surface area contributed by atoms with Crippen molar-refractivity contribution in [3.8, 4) is 0 Å². The number of carboxylic acids is 2. The van der Waals surface area contributed by atoms with Crippen molar-refractivity contribution in [2.75, 3.05) is 10.6 Å². The molecule has 4 N–H and O–H groups in total. The molecule has 0 saturated heterocycles. The second kappa shape index (κ2) is 9.71. The van der Waals surface area contributed by atoms with Crippen LogP contribution in [0, 0.1) is 13.8 Å². The van der Waals surface area contributed by atoms with Crippen LogP contribution in [-0.4, -0.2) is 34.0 Å². The zero-order chi connectivity index (χ0) is 26.0. The van der Waals surface area contributed by atoms with Gasteiger partial charge in [0.15, 0.2) is 0 Å². The second-order valence-corrected chi connectivity index (χ2v) is 8.22. The van der Waals surface area contributed by atoms with E-state index in [2.05, 4.69) is 10.6 Å². The maximum absolute atomic E-state index is 13.3. The minimum absolute atomic E-state index is 0.0683. The molecule has 0 aliphatic heterocycles.